The summed E-state index contributed by atoms with van der Waals surface area (Å²) in [6, 6.07) is 6.04. The summed E-state index contributed by atoms with van der Waals surface area (Å²) in [7, 11) is 0. The molecule has 0 radical (unpaired) electrons. The van der Waals surface area contributed by atoms with E-state index in [-0.39, 0.29) is 5.78 Å². The Hall–Kier alpha value is -0.840. The highest BCUT2D eigenvalue weighted by atomic mass is 32.1. The zero-order valence-corrected chi connectivity index (χ0v) is 8.74. The van der Waals surface area contributed by atoms with Crippen molar-refractivity contribution in [1.82, 2.24) is 0 Å². The van der Waals surface area contributed by atoms with E-state index in [0.717, 1.165) is 4.90 Å². The van der Waals surface area contributed by atoms with E-state index in [4.69, 9.17) is 5.73 Å². The first-order valence-corrected chi connectivity index (χ1v) is 4.70. The molecule has 0 heterocycles. The topological polar surface area (TPSA) is 63.3 Å². The van der Waals surface area contributed by atoms with Crippen LogP contribution in [0.3, 0.4) is 0 Å². The summed E-state index contributed by atoms with van der Waals surface area (Å²) in [5.74, 6) is -0.229. The summed E-state index contributed by atoms with van der Waals surface area (Å²) in [5.41, 5.74) is 6.14. The zero-order chi connectivity index (χ0) is 10.7. The van der Waals surface area contributed by atoms with Crippen molar-refractivity contribution < 1.29 is 9.90 Å². The van der Waals surface area contributed by atoms with Crippen LogP contribution in [0.15, 0.2) is 29.2 Å². The summed E-state index contributed by atoms with van der Waals surface area (Å²) in [5, 5.41) is 9.68. The van der Waals surface area contributed by atoms with E-state index in [1.165, 1.54) is 6.92 Å². The third kappa shape index (κ3) is 2.57. The molecule has 1 rings (SSSR count). The number of nitrogens with two attached hydrogens (primary N) is 1. The van der Waals surface area contributed by atoms with Gasteiger partial charge in [0.2, 0.25) is 0 Å². The number of aliphatic hydroxyl groups excluding tert-OH is 1. The molecule has 2 atom stereocenters. The summed E-state index contributed by atoms with van der Waals surface area (Å²) in [4.78, 5) is 11.7. The Balaban J connectivity index is 2.84. The van der Waals surface area contributed by atoms with Gasteiger partial charge in [0.1, 0.15) is 11.9 Å². The molecule has 0 amide bonds. The molecular formula is C10H13NO2S. The highest BCUT2D eigenvalue weighted by Crippen LogP contribution is 2.17. The number of carbonyl (C=O) groups is 1. The first-order valence-electron chi connectivity index (χ1n) is 4.25. The van der Waals surface area contributed by atoms with Gasteiger partial charge in [0.05, 0.1) is 6.04 Å². The largest absolute Gasteiger partial charge is 0.386 e. The van der Waals surface area contributed by atoms with E-state index in [0.29, 0.717) is 5.56 Å². The maximum absolute atomic E-state index is 10.9. The number of benzene rings is 1. The quantitative estimate of drug-likeness (QED) is 0.652. The van der Waals surface area contributed by atoms with Gasteiger partial charge in [-0.1, -0.05) is 12.1 Å². The van der Waals surface area contributed by atoms with Crippen LogP contribution in [0.4, 0.5) is 0 Å². The highest BCUT2D eigenvalue weighted by molar-refractivity contribution is 7.80. The van der Waals surface area contributed by atoms with Crippen molar-refractivity contribution in [3.63, 3.8) is 0 Å². The van der Waals surface area contributed by atoms with Gasteiger partial charge in [-0.25, -0.2) is 0 Å². The number of carbonyl (C=O) groups excluding carboxylic acids is 1. The highest BCUT2D eigenvalue weighted by Gasteiger charge is 2.20. The van der Waals surface area contributed by atoms with E-state index in [1.807, 2.05) is 0 Å². The molecule has 14 heavy (non-hydrogen) atoms. The molecular weight excluding hydrogens is 198 g/mol. The van der Waals surface area contributed by atoms with Crippen LogP contribution in [-0.4, -0.2) is 16.9 Å². The summed E-state index contributed by atoms with van der Waals surface area (Å²) < 4.78 is 0. The van der Waals surface area contributed by atoms with Crippen molar-refractivity contribution in [3.05, 3.63) is 29.8 Å². The van der Waals surface area contributed by atoms with Crippen molar-refractivity contribution in [2.45, 2.75) is 24.0 Å². The van der Waals surface area contributed by atoms with Crippen LogP contribution in [-0.2, 0) is 4.79 Å². The Bertz CT molecular complexity index is 323. The van der Waals surface area contributed by atoms with Crippen LogP contribution >= 0.6 is 12.6 Å². The number of hydrogen-bond donors (Lipinski definition) is 3. The molecule has 4 heteroatoms. The molecule has 0 aliphatic carbocycles. The molecule has 3 N–H and O–H groups in total. The first-order chi connectivity index (χ1) is 6.52. The maximum Gasteiger partial charge on any atom is 0.149 e. The molecule has 0 unspecified atom stereocenters. The number of thiol groups is 1. The van der Waals surface area contributed by atoms with Gasteiger partial charge in [-0.2, -0.15) is 0 Å². The molecule has 0 aromatic heterocycles. The van der Waals surface area contributed by atoms with Gasteiger partial charge in [-0.3, -0.25) is 4.79 Å². The molecule has 0 saturated heterocycles. The Kier molecular flexibility index (Phi) is 3.69. The molecule has 0 aliphatic heterocycles. The van der Waals surface area contributed by atoms with Crippen LogP contribution < -0.4 is 5.73 Å². The fraction of sp³-hybridized carbons (Fsp3) is 0.300. The Labute approximate surface area is 88.3 Å². The molecule has 1 aromatic carbocycles. The molecule has 0 spiro atoms. The smallest absolute Gasteiger partial charge is 0.149 e. The van der Waals surface area contributed by atoms with Crippen molar-refractivity contribution in [3.8, 4) is 0 Å². The number of rotatable bonds is 3. The third-order valence-electron chi connectivity index (χ3n) is 2.04. The Morgan fingerprint density at radius 3 is 2.36 bits per heavy atom. The number of Topliss-reactive ketones (excluding diaryl/α,β-unsaturated/α-hetero) is 1. The van der Waals surface area contributed by atoms with Crippen molar-refractivity contribution in [2.24, 2.45) is 5.73 Å². The van der Waals surface area contributed by atoms with Gasteiger partial charge in [-0.15, -0.1) is 12.6 Å². The fourth-order valence-electron chi connectivity index (χ4n) is 1.10. The molecule has 76 valence electrons. The molecule has 3 nitrogen and oxygen atoms in total. The standard InChI is InChI=1S/C10H13NO2S/c1-6(12)9(11)10(13)7-2-4-8(14)5-3-7/h2-5,9-10,13-14H,11H2,1H3/t9-,10-/m1/s1. The van der Waals surface area contributed by atoms with Crippen molar-refractivity contribution >= 4 is 18.4 Å². The van der Waals surface area contributed by atoms with Crippen LogP contribution in [0, 0.1) is 0 Å². The minimum atomic E-state index is -0.943. The minimum absolute atomic E-state index is 0.229. The van der Waals surface area contributed by atoms with Crippen LogP contribution in [0.2, 0.25) is 0 Å². The first kappa shape index (κ1) is 11.2. The van der Waals surface area contributed by atoms with E-state index in [1.54, 1.807) is 24.3 Å². The summed E-state index contributed by atoms with van der Waals surface area (Å²) >= 11 is 4.11. The molecule has 0 bridgehead atoms. The average Bonchev–Trinajstić information content (AvgIpc) is 2.16. The van der Waals surface area contributed by atoms with Gasteiger partial charge in [-0.05, 0) is 24.6 Å². The number of hydrogen-bond acceptors (Lipinski definition) is 4. The molecule has 1 aromatic rings. The van der Waals surface area contributed by atoms with Crippen LogP contribution in [0.25, 0.3) is 0 Å². The summed E-state index contributed by atoms with van der Waals surface area (Å²) in [6.45, 7) is 1.36. The second-order valence-electron chi connectivity index (χ2n) is 3.17. The average molecular weight is 211 g/mol. The van der Waals surface area contributed by atoms with E-state index in [9.17, 15) is 9.90 Å². The SMILES string of the molecule is CC(=O)[C@@H](N)[C@H](O)c1ccc(S)cc1. The minimum Gasteiger partial charge on any atom is -0.386 e. The lowest BCUT2D eigenvalue weighted by molar-refractivity contribution is -0.120. The molecule has 0 aliphatic rings. The monoisotopic (exact) mass is 211 g/mol. The fourth-order valence-corrected chi connectivity index (χ4v) is 1.25. The second-order valence-corrected chi connectivity index (χ2v) is 3.69. The normalized spacial score (nSPS) is 14.9. The lowest BCUT2D eigenvalue weighted by atomic mass is 10.0. The van der Waals surface area contributed by atoms with Gasteiger partial charge in [0.15, 0.2) is 0 Å². The molecule has 0 fully saturated rings. The molecule has 0 saturated carbocycles. The van der Waals surface area contributed by atoms with E-state index < -0.39 is 12.1 Å². The van der Waals surface area contributed by atoms with E-state index >= 15 is 0 Å². The lowest BCUT2D eigenvalue weighted by Gasteiger charge is -2.16. The van der Waals surface area contributed by atoms with Crippen LogP contribution in [0.1, 0.15) is 18.6 Å². The summed E-state index contributed by atoms with van der Waals surface area (Å²) in [6.07, 6.45) is -0.943. The van der Waals surface area contributed by atoms with Gasteiger partial charge in [0.25, 0.3) is 0 Å². The lowest BCUT2D eigenvalue weighted by Crippen LogP contribution is -2.35. The van der Waals surface area contributed by atoms with Crippen LogP contribution in [0.5, 0.6) is 0 Å². The van der Waals surface area contributed by atoms with Crippen molar-refractivity contribution in [1.29, 1.82) is 0 Å². The Morgan fingerprint density at radius 1 is 1.43 bits per heavy atom. The second kappa shape index (κ2) is 4.59. The van der Waals surface area contributed by atoms with Gasteiger partial charge < -0.3 is 10.8 Å². The zero-order valence-electron chi connectivity index (χ0n) is 7.84. The predicted molar refractivity (Wildman–Crippen MR) is 57.3 cm³/mol. The van der Waals surface area contributed by atoms with E-state index in [2.05, 4.69) is 12.6 Å². The maximum atomic E-state index is 10.9. The van der Waals surface area contributed by atoms with Crippen molar-refractivity contribution in [2.75, 3.05) is 0 Å². The van der Waals surface area contributed by atoms with Gasteiger partial charge >= 0.3 is 0 Å². The van der Waals surface area contributed by atoms with Gasteiger partial charge in [0, 0.05) is 4.90 Å². The third-order valence-corrected chi connectivity index (χ3v) is 2.34. The number of ketones is 1. The predicted octanol–water partition coefficient (Wildman–Crippen LogP) is 0.925. The Morgan fingerprint density at radius 2 is 1.93 bits per heavy atom. The number of aliphatic hydroxyl groups is 1.